The highest BCUT2D eigenvalue weighted by Gasteiger charge is 2.06. The van der Waals surface area contributed by atoms with Crippen molar-refractivity contribution in [2.75, 3.05) is 0 Å². The highest BCUT2D eigenvalue weighted by Crippen LogP contribution is 2.20. The van der Waals surface area contributed by atoms with Crippen LogP contribution in [0.1, 0.15) is 57.1 Å². The van der Waals surface area contributed by atoms with E-state index in [1.54, 1.807) is 0 Å². The van der Waals surface area contributed by atoms with E-state index in [1.807, 2.05) is 74.5 Å². The quantitative estimate of drug-likeness (QED) is 0.111. The Morgan fingerprint density at radius 3 is 1.20 bits per heavy atom. The third-order valence-electron chi connectivity index (χ3n) is 6.82. The molecule has 0 aromatic heterocycles. The SMILES string of the molecule is C/C(=N\NC(=O)CCCCCC(=O)N/N=C(\C)c1ccc(-c2ccccc2)cc1)c1ccc(-c2ccccc2)cc1. The smallest absolute Gasteiger partial charge is 0.240 e. The number of amides is 2. The summed E-state index contributed by atoms with van der Waals surface area (Å²) in [7, 11) is 0. The van der Waals surface area contributed by atoms with E-state index in [0.717, 1.165) is 51.2 Å². The highest BCUT2D eigenvalue weighted by molar-refractivity contribution is 6.00. The summed E-state index contributed by atoms with van der Waals surface area (Å²) in [6.07, 6.45) is 2.88. The summed E-state index contributed by atoms with van der Waals surface area (Å²) in [5, 5.41) is 8.50. The fourth-order valence-corrected chi connectivity index (χ4v) is 4.35. The minimum absolute atomic E-state index is 0.131. The molecule has 0 aliphatic rings. The van der Waals surface area contributed by atoms with Crippen molar-refractivity contribution in [3.63, 3.8) is 0 Å². The predicted molar refractivity (Wildman–Crippen MR) is 168 cm³/mol. The number of hydrogen-bond donors (Lipinski definition) is 2. The molecular weight excluding hydrogens is 508 g/mol. The second-order valence-electron chi connectivity index (χ2n) is 9.91. The lowest BCUT2D eigenvalue weighted by Crippen LogP contribution is -2.19. The van der Waals surface area contributed by atoms with Crippen LogP contribution in [0.15, 0.2) is 119 Å². The molecule has 0 unspecified atom stereocenters. The van der Waals surface area contributed by atoms with E-state index in [-0.39, 0.29) is 11.8 Å². The van der Waals surface area contributed by atoms with Crippen molar-refractivity contribution in [2.24, 2.45) is 10.2 Å². The molecule has 4 aromatic rings. The van der Waals surface area contributed by atoms with Crippen LogP contribution in [0.3, 0.4) is 0 Å². The number of carbonyl (C=O) groups is 2. The summed E-state index contributed by atoms with van der Waals surface area (Å²) >= 11 is 0. The van der Waals surface area contributed by atoms with Gasteiger partial charge in [-0.3, -0.25) is 9.59 Å². The zero-order valence-electron chi connectivity index (χ0n) is 23.6. The van der Waals surface area contributed by atoms with E-state index >= 15 is 0 Å². The van der Waals surface area contributed by atoms with E-state index in [4.69, 9.17) is 0 Å². The molecular formula is C35H36N4O2. The molecule has 0 radical (unpaired) electrons. The van der Waals surface area contributed by atoms with E-state index in [2.05, 4.69) is 69.6 Å². The molecule has 0 heterocycles. The Kier molecular flexibility index (Phi) is 10.7. The summed E-state index contributed by atoms with van der Waals surface area (Å²) in [6, 6.07) is 36.6. The lowest BCUT2D eigenvalue weighted by molar-refractivity contribution is -0.121. The van der Waals surface area contributed by atoms with E-state index in [0.29, 0.717) is 25.7 Å². The van der Waals surface area contributed by atoms with Gasteiger partial charge in [0.2, 0.25) is 11.8 Å². The normalized spacial score (nSPS) is 11.7. The molecule has 4 aromatic carbocycles. The van der Waals surface area contributed by atoms with Crippen LogP contribution in [0.25, 0.3) is 22.3 Å². The molecule has 2 N–H and O–H groups in total. The molecule has 0 spiro atoms. The van der Waals surface area contributed by atoms with E-state index in [1.165, 1.54) is 0 Å². The van der Waals surface area contributed by atoms with Gasteiger partial charge in [-0.25, -0.2) is 10.9 Å². The van der Waals surface area contributed by atoms with Gasteiger partial charge in [-0.1, -0.05) is 116 Å². The molecule has 0 fully saturated rings. The number of hydrazone groups is 2. The third kappa shape index (κ3) is 9.11. The Labute approximate surface area is 242 Å². The fourth-order valence-electron chi connectivity index (χ4n) is 4.35. The summed E-state index contributed by atoms with van der Waals surface area (Å²) in [5.41, 5.74) is 13.3. The average Bonchev–Trinajstić information content (AvgIpc) is 3.03. The van der Waals surface area contributed by atoms with Gasteiger partial charge in [-0.05, 0) is 60.1 Å². The first-order chi connectivity index (χ1) is 20.0. The van der Waals surface area contributed by atoms with Crippen LogP contribution in [0.2, 0.25) is 0 Å². The lowest BCUT2D eigenvalue weighted by Gasteiger charge is -2.06. The van der Waals surface area contributed by atoms with Crippen molar-refractivity contribution in [3.05, 3.63) is 120 Å². The average molecular weight is 545 g/mol. The lowest BCUT2D eigenvalue weighted by atomic mass is 10.0. The Balaban J connectivity index is 1.12. The summed E-state index contributed by atoms with van der Waals surface area (Å²) < 4.78 is 0. The number of unbranched alkanes of at least 4 members (excludes halogenated alkanes) is 2. The molecule has 2 amide bonds. The predicted octanol–water partition coefficient (Wildman–Crippen LogP) is 7.35. The first-order valence-corrected chi connectivity index (χ1v) is 14.0. The number of hydrogen-bond acceptors (Lipinski definition) is 4. The van der Waals surface area contributed by atoms with Crippen molar-refractivity contribution in [3.8, 4) is 22.3 Å². The second kappa shape index (κ2) is 15.1. The van der Waals surface area contributed by atoms with Crippen LogP contribution in [0.4, 0.5) is 0 Å². The number of rotatable bonds is 12. The van der Waals surface area contributed by atoms with Gasteiger partial charge in [-0.15, -0.1) is 0 Å². The van der Waals surface area contributed by atoms with Crippen molar-refractivity contribution in [1.82, 2.24) is 10.9 Å². The van der Waals surface area contributed by atoms with Gasteiger partial charge in [-0.2, -0.15) is 10.2 Å². The standard InChI is InChI=1S/C35H36N4O2/c1-26(28-18-22-32(23-19-28)30-12-6-3-7-13-30)36-38-34(40)16-10-5-11-17-35(41)39-37-27(2)29-20-24-33(25-21-29)31-14-8-4-9-15-31/h3-4,6-9,12-15,18-25H,5,10-11,16-17H2,1-2H3,(H,38,40)(H,39,41)/b36-26+,37-27+. The molecule has 6 heteroatoms. The Bertz CT molecular complexity index is 1360. The molecule has 0 saturated heterocycles. The van der Waals surface area contributed by atoms with E-state index < -0.39 is 0 Å². The Hall–Kier alpha value is -4.84. The van der Waals surface area contributed by atoms with Crippen LogP contribution in [0, 0.1) is 0 Å². The molecule has 0 atom stereocenters. The van der Waals surface area contributed by atoms with Crippen molar-refractivity contribution in [2.45, 2.75) is 46.0 Å². The van der Waals surface area contributed by atoms with Crippen LogP contribution in [0.5, 0.6) is 0 Å². The molecule has 0 saturated carbocycles. The number of benzene rings is 4. The van der Waals surface area contributed by atoms with Gasteiger partial charge >= 0.3 is 0 Å². The van der Waals surface area contributed by atoms with Gasteiger partial charge < -0.3 is 0 Å². The molecule has 208 valence electrons. The minimum atomic E-state index is -0.131. The Morgan fingerprint density at radius 2 is 0.829 bits per heavy atom. The molecule has 0 bridgehead atoms. The zero-order valence-corrected chi connectivity index (χ0v) is 23.6. The largest absolute Gasteiger partial charge is 0.273 e. The second-order valence-corrected chi connectivity index (χ2v) is 9.91. The maximum Gasteiger partial charge on any atom is 0.240 e. The van der Waals surface area contributed by atoms with Gasteiger partial charge in [0.05, 0.1) is 11.4 Å². The summed E-state index contributed by atoms with van der Waals surface area (Å²) in [6.45, 7) is 3.75. The topological polar surface area (TPSA) is 82.9 Å². The minimum Gasteiger partial charge on any atom is -0.273 e. The number of nitrogens with one attached hydrogen (secondary N) is 2. The Morgan fingerprint density at radius 1 is 0.488 bits per heavy atom. The van der Waals surface area contributed by atoms with Gasteiger partial charge in [0.25, 0.3) is 0 Å². The molecule has 4 rings (SSSR count). The third-order valence-corrected chi connectivity index (χ3v) is 6.82. The van der Waals surface area contributed by atoms with Gasteiger partial charge in [0, 0.05) is 12.8 Å². The van der Waals surface area contributed by atoms with Crippen LogP contribution in [-0.2, 0) is 9.59 Å². The fraction of sp³-hybridized carbons (Fsp3) is 0.200. The zero-order chi connectivity index (χ0) is 28.9. The first-order valence-electron chi connectivity index (χ1n) is 14.0. The maximum absolute atomic E-state index is 12.2. The molecule has 41 heavy (non-hydrogen) atoms. The molecule has 6 nitrogen and oxygen atoms in total. The molecule has 0 aliphatic heterocycles. The van der Waals surface area contributed by atoms with Gasteiger partial charge in [0.15, 0.2) is 0 Å². The van der Waals surface area contributed by atoms with Crippen molar-refractivity contribution in [1.29, 1.82) is 0 Å². The van der Waals surface area contributed by atoms with Gasteiger partial charge in [0.1, 0.15) is 0 Å². The summed E-state index contributed by atoms with van der Waals surface area (Å²) in [5.74, 6) is -0.263. The van der Waals surface area contributed by atoms with E-state index in [9.17, 15) is 9.59 Å². The highest BCUT2D eigenvalue weighted by atomic mass is 16.2. The number of nitrogens with zero attached hydrogens (tertiary/aromatic N) is 2. The summed E-state index contributed by atoms with van der Waals surface area (Å²) in [4.78, 5) is 24.4. The van der Waals surface area contributed by atoms with Crippen LogP contribution < -0.4 is 10.9 Å². The first kappa shape index (κ1) is 29.2. The van der Waals surface area contributed by atoms with Crippen LogP contribution in [-0.4, -0.2) is 23.2 Å². The van der Waals surface area contributed by atoms with Crippen molar-refractivity contribution >= 4 is 23.2 Å². The molecule has 0 aliphatic carbocycles. The van der Waals surface area contributed by atoms with Crippen molar-refractivity contribution < 1.29 is 9.59 Å². The number of carbonyl (C=O) groups excluding carboxylic acids is 2. The maximum atomic E-state index is 12.2. The van der Waals surface area contributed by atoms with Crippen LogP contribution >= 0.6 is 0 Å². The monoisotopic (exact) mass is 544 g/mol.